The number of carbonyl (C=O) groups is 2. The van der Waals surface area contributed by atoms with Crippen molar-refractivity contribution in [2.75, 3.05) is 6.54 Å². The fraction of sp³-hybridized carbons (Fsp3) is 0.444. The molecule has 3 rings (SSSR count). The van der Waals surface area contributed by atoms with E-state index in [0.29, 0.717) is 6.54 Å². The fourth-order valence-corrected chi connectivity index (χ4v) is 3.33. The monoisotopic (exact) mass is 315 g/mol. The number of esters is 1. The molecule has 2 aliphatic heterocycles. The normalized spacial score (nSPS) is 26.9. The minimum Gasteiger partial charge on any atom is -0.449 e. The number of amides is 1. The van der Waals surface area contributed by atoms with Crippen LogP contribution < -0.4 is 0 Å². The molecule has 2 atom stereocenters. The van der Waals surface area contributed by atoms with Crippen LogP contribution in [0.1, 0.15) is 32.3 Å². The first-order chi connectivity index (χ1) is 11.0. The Bertz CT molecular complexity index is 640. The number of hydrogen-bond acceptors (Lipinski definition) is 4. The average Bonchev–Trinajstić information content (AvgIpc) is 3.12. The van der Waals surface area contributed by atoms with Crippen LogP contribution in [0, 0.1) is 0 Å². The zero-order valence-electron chi connectivity index (χ0n) is 13.5. The SMILES string of the molecule is CC1=CC(=O)O[C@]1(C)[C@H]1CCCN1C(=O)OCc1ccccc1. The molecule has 0 N–H and O–H groups in total. The summed E-state index contributed by atoms with van der Waals surface area (Å²) < 4.78 is 10.9. The standard InChI is InChI=1S/C18H21NO4/c1-13-11-16(20)23-18(13,2)15-9-6-10-19(15)17(21)22-12-14-7-4-3-5-8-14/h3-5,7-8,11,15H,6,9-10,12H2,1-2H3/t15-,18+/m1/s1. The number of carbonyl (C=O) groups excluding carboxylic acids is 2. The van der Waals surface area contributed by atoms with Gasteiger partial charge in [0.1, 0.15) is 6.61 Å². The highest BCUT2D eigenvalue weighted by molar-refractivity contribution is 5.87. The topological polar surface area (TPSA) is 55.8 Å². The fourth-order valence-electron chi connectivity index (χ4n) is 3.33. The molecule has 0 radical (unpaired) electrons. The molecule has 0 bridgehead atoms. The molecule has 122 valence electrons. The third-order valence-electron chi connectivity index (χ3n) is 4.76. The van der Waals surface area contributed by atoms with E-state index in [-0.39, 0.29) is 24.7 Å². The third-order valence-corrected chi connectivity index (χ3v) is 4.76. The summed E-state index contributed by atoms with van der Waals surface area (Å²) in [6, 6.07) is 9.41. The van der Waals surface area contributed by atoms with Gasteiger partial charge in [-0.2, -0.15) is 0 Å². The lowest BCUT2D eigenvalue weighted by atomic mass is 9.88. The van der Waals surface area contributed by atoms with E-state index in [1.807, 2.05) is 44.2 Å². The van der Waals surface area contributed by atoms with Crippen molar-refractivity contribution < 1.29 is 19.1 Å². The van der Waals surface area contributed by atoms with E-state index < -0.39 is 5.60 Å². The maximum absolute atomic E-state index is 12.5. The van der Waals surface area contributed by atoms with Crippen LogP contribution in [0.3, 0.4) is 0 Å². The van der Waals surface area contributed by atoms with E-state index in [9.17, 15) is 9.59 Å². The summed E-state index contributed by atoms with van der Waals surface area (Å²) in [4.78, 5) is 25.7. The summed E-state index contributed by atoms with van der Waals surface area (Å²) >= 11 is 0. The van der Waals surface area contributed by atoms with Crippen molar-refractivity contribution in [1.29, 1.82) is 0 Å². The molecule has 1 aromatic rings. The van der Waals surface area contributed by atoms with Gasteiger partial charge in [-0.05, 0) is 37.8 Å². The molecule has 1 saturated heterocycles. The van der Waals surface area contributed by atoms with Crippen LogP contribution in [0.15, 0.2) is 42.0 Å². The van der Waals surface area contributed by atoms with Crippen LogP contribution in [-0.2, 0) is 20.9 Å². The second-order valence-corrected chi connectivity index (χ2v) is 6.25. The van der Waals surface area contributed by atoms with Crippen molar-refractivity contribution in [3.63, 3.8) is 0 Å². The first-order valence-corrected chi connectivity index (χ1v) is 7.90. The van der Waals surface area contributed by atoms with E-state index >= 15 is 0 Å². The highest BCUT2D eigenvalue weighted by atomic mass is 16.6. The Labute approximate surface area is 135 Å². The van der Waals surface area contributed by atoms with Crippen molar-refractivity contribution >= 4 is 12.1 Å². The minimum absolute atomic E-state index is 0.173. The summed E-state index contributed by atoms with van der Waals surface area (Å²) in [7, 11) is 0. The molecule has 23 heavy (non-hydrogen) atoms. The van der Waals surface area contributed by atoms with Gasteiger partial charge in [0.2, 0.25) is 0 Å². The molecule has 1 amide bonds. The number of rotatable bonds is 3. The van der Waals surface area contributed by atoms with Gasteiger partial charge in [-0.15, -0.1) is 0 Å². The molecule has 2 heterocycles. The molecule has 5 heteroatoms. The maximum Gasteiger partial charge on any atom is 0.410 e. The predicted octanol–water partition coefficient (Wildman–Crippen LogP) is 3.05. The number of hydrogen-bond donors (Lipinski definition) is 0. The molecular weight excluding hydrogens is 294 g/mol. The molecule has 0 aliphatic carbocycles. The second kappa shape index (κ2) is 6.07. The Morgan fingerprint density at radius 2 is 2.13 bits per heavy atom. The van der Waals surface area contributed by atoms with Gasteiger partial charge in [-0.1, -0.05) is 30.3 Å². The molecule has 1 aromatic carbocycles. The van der Waals surface area contributed by atoms with Crippen LogP contribution >= 0.6 is 0 Å². The summed E-state index contributed by atoms with van der Waals surface area (Å²) in [5.41, 5.74) is 1.06. The Balaban J connectivity index is 1.68. The molecule has 5 nitrogen and oxygen atoms in total. The van der Waals surface area contributed by atoms with Gasteiger partial charge in [0.05, 0.1) is 6.04 Å². The maximum atomic E-state index is 12.5. The van der Waals surface area contributed by atoms with Gasteiger partial charge >= 0.3 is 12.1 Å². The summed E-state index contributed by atoms with van der Waals surface area (Å²) in [6.07, 6.45) is 2.83. The second-order valence-electron chi connectivity index (χ2n) is 6.25. The summed E-state index contributed by atoms with van der Waals surface area (Å²) in [5.74, 6) is -0.338. The molecule has 2 aliphatic rings. The Morgan fingerprint density at radius 3 is 2.78 bits per heavy atom. The number of cyclic esters (lactones) is 1. The molecule has 0 unspecified atom stereocenters. The molecular formula is C18H21NO4. The predicted molar refractivity (Wildman–Crippen MR) is 84.6 cm³/mol. The summed E-state index contributed by atoms with van der Waals surface area (Å²) in [5, 5.41) is 0. The van der Waals surface area contributed by atoms with Gasteiger partial charge in [0.25, 0.3) is 0 Å². The van der Waals surface area contributed by atoms with Crippen LogP contribution in [0.4, 0.5) is 4.79 Å². The largest absolute Gasteiger partial charge is 0.449 e. The van der Waals surface area contributed by atoms with Crippen molar-refractivity contribution in [1.82, 2.24) is 4.90 Å². The minimum atomic E-state index is -0.751. The smallest absolute Gasteiger partial charge is 0.410 e. The van der Waals surface area contributed by atoms with Crippen molar-refractivity contribution in [3.8, 4) is 0 Å². The quantitative estimate of drug-likeness (QED) is 0.805. The van der Waals surface area contributed by atoms with Crippen molar-refractivity contribution in [2.45, 2.75) is 44.9 Å². The zero-order chi connectivity index (χ0) is 16.4. The van der Waals surface area contributed by atoms with Gasteiger partial charge in [-0.3, -0.25) is 0 Å². The van der Waals surface area contributed by atoms with E-state index in [1.165, 1.54) is 6.08 Å². The van der Waals surface area contributed by atoms with E-state index in [1.54, 1.807) is 4.90 Å². The number of likely N-dealkylation sites (tertiary alicyclic amines) is 1. The van der Waals surface area contributed by atoms with Gasteiger partial charge in [-0.25, -0.2) is 9.59 Å². The van der Waals surface area contributed by atoms with Crippen molar-refractivity contribution in [3.05, 3.63) is 47.5 Å². The van der Waals surface area contributed by atoms with Crippen LogP contribution in [0.5, 0.6) is 0 Å². The summed E-state index contributed by atoms with van der Waals surface area (Å²) in [6.45, 7) is 4.61. The zero-order valence-corrected chi connectivity index (χ0v) is 13.5. The van der Waals surface area contributed by atoms with Crippen LogP contribution in [-0.4, -0.2) is 35.2 Å². The lowest BCUT2D eigenvalue weighted by Crippen LogP contribution is -2.51. The Hall–Kier alpha value is -2.30. The van der Waals surface area contributed by atoms with Gasteiger partial charge < -0.3 is 14.4 Å². The highest BCUT2D eigenvalue weighted by Crippen LogP contribution is 2.38. The van der Waals surface area contributed by atoms with Gasteiger partial charge in [0.15, 0.2) is 5.60 Å². The first-order valence-electron chi connectivity index (χ1n) is 7.90. The molecule has 0 saturated carbocycles. The third kappa shape index (κ3) is 2.96. The first kappa shape index (κ1) is 15.6. The molecule has 0 spiro atoms. The van der Waals surface area contributed by atoms with Crippen LogP contribution in [0.2, 0.25) is 0 Å². The van der Waals surface area contributed by atoms with E-state index in [4.69, 9.17) is 9.47 Å². The molecule has 1 fully saturated rings. The van der Waals surface area contributed by atoms with E-state index in [0.717, 1.165) is 24.0 Å². The highest BCUT2D eigenvalue weighted by Gasteiger charge is 2.49. The Morgan fingerprint density at radius 1 is 1.39 bits per heavy atom. The van der Waals surface area contributed by atoms with Gasteiger partial charge in [0, 0.05) is 12.6 Å². The van der Waals surface area contributed by atoms with E-state index in [2.05, 4.69) is 0 Å². The average molecular weight is 315 g/mol. The Kier molecular flexibility index (Phi) is 4.11. The van der Waals surface area contributed by atoms with Crippen molar-refractivity contribution in [2.24, 2.45) is 0 Å². The number of benzene rings is 1. The number of nitrogens with zero attached hydrogens (tertiary/aromatic N) is 1. The van der Waals surface area contributed by atoms with Crippen LogP contribution in [0.25, 0.3) is 0 Å². The number of ether oxygens (including phenoxy) is 2. The molecule has 0 aromatic heterocycles. The lowest BCUT2D eigenvalue weighted by Gasteiger charge is -2.37. The lowest BCUT2D eigenvalue weighted by molar-refractivity contribution is -0.148.